The number of aromatic carboxylic acids is 1. The van der Waals surface area contributed by atoms with Gasteiger partial charge in [-0.2, -0.15) is 0 Å². The zero-order chi connectivity index (χ0) is 11.9. The summed E-state index contributed by atoms with van der Waals surface area (Å²) in [5, 5.41) is 9.11. The molecule has 16 heavy (non-hydrogen) atoms. The van der Waals surface area contributed by atoms with Gasteiger partial charge in [-0.05, 0) is 35.0 Å². The molecule has 0 spiro atoms. The summed E-state index contributed by atoms with van der Waals surface area (Å²) in [6, 6.07) is 3.57. The molecule has 0 aliphatic carbocycles. The van der Waals surface area contributed by atoms with Crippen LogP contribution in [0.3, 0.4) is 0 Å². The first kappa shape index (κ1) is 11.0. The Bertz CT molecular complexity index is 540. The fourth-order valence-corrected chi connectivity index (χ4v) is 2.61. The molecule has 0 bridgehead atoms. The lowest BCUT2D eigenvalue weighted by Crippen LogP contribution is -1.99. The van der Waals surface area contributed by atoms with E-state index in [1.165, 1.54) is 0 Å². The van der Waals surface area contributed by atoms with Crippen LogP contribution < -0.4 is 0 Å². The molecule has 0 radical (unpaired) electrons. The number of furan rings is 1. The molecule has 0 saturated carbocycles. The van der Waals surface area contributed by atoms with E-state index in [0.29, 0.717) is 15.9 Å². The van der Waals surface area contributed by atoms with E-state index in [-0.39, 0.29) is 5.56 Å². The van der Waals surface area contributed by atoms with Crippen molar-refractivity contribution in [3.05, 3.63) is 34.1 Å². The van der Waals surface area contributed by atoms with Gasteiger partial charge in [-0.1, -0.05) is 0 Å². The zero-order valence-corrected chi connectivity index (χ0v) is 10.4. The fraction of sp³-hybridized carbons (Fsp3) is 0.182. The van der Waals surface area contributed by atoms with Crippen LogP contribution in [0.1, 0.15) is 16.1 Å². The molecular weight excluding hydrogens is 274 g/mol. The third-order valence-electron chi connectivity index (χ3n) is 2.60. The molecular formula is C11H10BrNO3. The lowest BCUT2D eigenvalue weighted by molar-refractivity contribution is 0.0695. The summed E-state index contributed by atoms with van der Waals surface area (Å²) in [5.74, 6) is -0.303. The third kappa shape index (κ3) is 1.48. The van der Waals surface area contributed by atoms with Gasteiger partial charge in [0.15, 0.2) is 5.76 Å². The number of carboxylic acids is 1. The fourth-order valence-electron chi connectivity index (χ4n) is 1.70. The van der Waals surface area contributed by atoms with Crippen molar-refractivity contribution in [1.29, 1.82) is 0 Å². The van der Waals surface area contributed by atoms with Crippen molar-refractivity contribution in [2.24, 2.45) is 7.05 Å². The summed E-state index contributed by atoms with van der Waals surface area (Å²) in [6.07, 6.45) is 1.56. The normalized spacial score (nSPS) is 10.7. The molecule has 5 heteroatoms. The highest BCUT2D eigenvalue weighted by molar-refractivity contribution is 9.10. The van der Waals surface area contributed by atoms with E-state index < -0.39 is 5.97 Å². The van der Waals surface area contributed by atoms with Gasteiger partial charge >= 0.3 is 5.97 Å². The lowest BCUT2D eigenvalue weighted by atomic mass is 10.2. The van der Waals surface area contributed by atoms with Gasteiger partial charge in [0.1, 0.15) is 0 Å². The smallest absolute Gasteiger partial charge is 0.338 e. The Labute approximate surface area is 101 Å². The van der Waals surface area contributed by atoms with Crippen molar-refractivity contribution < 1.29 is 14.3 Å². The maximum atomic E-state index is 11.1. The molecule has 2 aromatic heterocycles. The van der Waals surface area contributed by atoms with E-state index in [0.717, 1.165) is 5.69 Å². The van der Waals surface area contributed by atoms with E-state index in [1.54, 1.807) is 29.9 Å². The third-order valence-corrected chi connectivity index (χ3v) is 3.37. The quantitative estimate of drug-likeness (QED) is 0.922. The van der Waals surface area contributed by atoms with Gasteiger partial charge in [0.25, 0.3) is 0 Å². The van der Waals surface area contributed by atoms with Crippen LogP contribution in [0, 0.1) is 6.92 Å². The number of rotatable bonds is 2. The molecule has 0 unspecified atom stereocenters. The standard InChI is InChI=1S/C11H10BrNO3/c1-6-8(11(14)15)9(12)10(13(6)2)7-4-3-5-16-7/h3-5H,1-2H3,(H,14,15). The Morgan fingerprint density at radius 1 is 1.56 bits per heavy atom. The minimum absolute atomic E-state index is 0.272. The summed E-state index contributed by atoms with van der Waals surface area (Å²) in [7, 11) is 1.81. The second-order valence-corrected chi connectivity index (χ2v) is 4.26. The average molecular weight is 284 g/mol. The predicted molar refractivity (Wildman–Crippen MR) is 62.5 cm³/mol. The van der Waals surface area contributed by atoms with Crippen molar-refractivity contribution in [2.75, 3.05) is 0 Å². The van der Waals surface area contributed by atoms with Crippen LogP contribution in [0.4, 0.5) is 0 Å². The number of hydrogen-bond donors (Lipinski definition) is 1. The molecule has 1 N–H and O–H groups in total. The van der Waals surface area contributed by atoms with Crippen LogP contribution in [0.2, 0.25) is 0 Å². The first-order valence-corrected chi connectivity index (χ1v) is 5.45. The average Bonchev–Trinajstić information content (AvgIpc) is 2.76. The Morgan fingerprint density at radius 2 is 2.25 bits per heavy atom. The van der Waals surface area contributed by atoms with Crippen molar-refractivity contribution in [3.8, 4) is 11.5 Å². The number of hydrogen-bond acceptors (Lipinski definition) is 2. The van der Waals surface area contributed by atoms with Gasteiger partial charge in [-0.3, -0.25) is 0 Å². The first-order valence-electron chi connectivity index (χ1n) is 4.66. The van der Waals surface area contributed by atoms with Crippen molar-refractivity contribution in [2.45, 2.75) is 6.92 Å². The number of carboxylic acid groups (broad SMARTS) is 1. The summed E-state index contributed by atoms with van der Waals surface area (Å²) in [4.78, 5) is 11.1. The predicted octanol–water partition coefficient (Wildman–Crippen LogP) is 3.05. The van der Waals surface area contributed by atoms with Crippen molar-refractivity contribution in [1.82, 2.24) is 4.57 Å². The Balaban J connectivity index is 2.73. The van der Waals surface area contributed by atoms with Gasteiger partial charge in [0.2, 0.25) is 0 Å². The van der Waals surface area contributed by atoms with E-state index in [9.17, 15) is 4.79 Å². The maximum absolute atomic E-state index is 11.1. The molecule has 4 nitrogen and oxygen atoms in total. The highest BCUT2D eigenvalue weighted by Crippen LogP contribution is 2.35. The van der Waals surface area contributed by atoms with Crippen LogP contribution in [-0.4, -0.2) is 15.6 Å². The molecule has 0 aromatic carbocycles. The molecule has 0 aliphatic rings. The van der Waals surface area contributed by atoms with E-state index in [4.69, 9.17) is 9.52 Å². The van der Waals surface area contributed by atoms with Crippen LogP contribution in [0.25, 0.3) is 11.5 Å². The SMILES string of the molecule is Cc1c(C(=O)O)c(Br)c(-c2ccco2)n1C. The molecule has 2 aromatic rings. The van der Waals surface area contributed by atoms with E-state index >= 15 is 0 Å². The van der Waals surface area contributed by atoms with Gasteiger partial charge in [-0.25, -0.2) is 4.79 Å². The summed E-state index contributed by atoms with van der Waals surface area (Å²) in [5.41, 5.74) is 1.69. The van der Waals surface area contributed by atoms with E-state index in [1.807, 2.05) is 7.05 Å². The summed E-state index contributed by atoms with van der Waals surface area (Å²) >= 11 is 3.31. The Morgan fingerprint density at radius 3 is 2.69 bits per heavy atom. The molecule has 0 aliphatic heterocycles. The number of aromatic nitrogens is 1. The second kappa shape index (κ2) is 3.83. The topological polar surface area (TPSA) is 55.4 Å². The van der Waals surface area contributed by atoms with E-state index in [2.05, 4.69) is 15.9 Å². The summed E-state index contributed by atoms with van der Waals surface area (Å²) in [6.45, 7) is 1.76. The van der Waals surface area contributed by atoms with Crippen LogP contribution in [0.15, 0.2) is 27.3 Å². The van der Waals surface area contributed by atoms with Gasteiger partial charge < -0.3 is 14.1 Å². The maximum Gasteiger partial charge on any atom is 0.338 e. The molecule has 0 fully saturated rings. The Kier molecular flexibility index (Phi) is 2.63. The van der Waals surface area contributed by atoms with Crippen LogP contribution in [-0.2, 0) is 7.05 Å². The Hall–Kier alpha value is -1.49. The van der Waals surface area contributed by atoms with Gasteiger partial charge in [0.05, 0.1) is 22.0 Å². The molecule has 0 saturated heterocycles. The molecule has 84 valence electrons. The first-order chi connectivity index (χ1) is 7.54. The van der Waals surface area contributed by atoms with Crippen molar-refractivity contribution >= 4 is 21.9 Å². The molecule has 2 rings (SSSR count). The minimum atomic E-state index is -0.946. The highest BCUT2D eigenvalue weighted by atomic mass is 79.9. The minimum Gasteiger partial charge on any atom is -0.478 e. The second-order valence-electron chi connectivity index (χ2n) is 3.46. The molecule has 2 heterocycles. The van der Waals surface area contributed by atoms with Crippen molar-refractivity contribution in [3.63, 3.8) is 0 Å². The lowest BCUT2D eigenvalue weighted by Gasteiger charge is -2.01. The van der Waals surface area contributed by atoms with Gasteiger partial charge in [-0.15, -0.1) is 0 Å². The van der Waals surface area contributed by atoms with Gasteiger partial charge in [0, 0.05) is 12.7 Å². The number of halogens is 1. The van der Waals surface area contributed by atoms with Crippen LogP contribution >= 0.6 is 15.9 Å². The number of carbonyl (C=O) groups is 1. The number of nitrogens with zero attached hydrogens (tertiary/aromatic N) is 1. The monoisotopic (exact) mass is 283 g/mol. The largest absolute Gasteiger partial charge is 0.478 e. The molecule has 0 atom stereocenters. The zero-order valence-electron chi connectivity index (χ0n) is 8.82. The molecule has 0 amide bonds. The summed E-state index contributed by atoms with van der Waals surface area (Å²) < 4.78 is 7.63. The highest BCUT2D eigenvalue weighted by Gasteiger charge is 2.23. The van der Waals surface area contributed by atoms with Crippen LogP contribution in [0.5, 0.6) is 0 Å².